The zero-order valence-corrected chi connectivity index (χ0v) is 16.8. The van der Waals surface area contributed by atoms with E-state index in [2.05, 4.69) is 39.9 Å². The molecule has 5 nitrogen and oxygen atoms in total. The molecule has 3 aromatic rings. The fraction of sp³-hybridized carbons (Fsp3) is 0.333. The summed E-state index contributed by atoms with van der Waals surface area (Å²) in [5.41, 5.74) is 9.00. The first-order valence-electron chi connectivity index (χ1n) is 10.3. The van der Waals surface area contributed by atoms with Gasteiger partial charge in [-0.1, -0.05) is 48.5 Å². The van der Waals surface area contributed by atoms with Gasteiger partial charge in [0.05, 0.1) is 11.6 Å². The van der Waals surface area contributed by atoms with Gasteiger partial charge in [0.25, 0.3) is 0 Å². The molecule has 1 aromatic heterocycles. The fourth-order valence-electron chi connectivity index (χ4n) is 3.37. The minimum absolute atomic E-state index is 0.0419. The third kappa shape index (κ3) is 6.66. The van der Waals surface area contributed by atoms with Gasteiger partial charge in [0.2, 0.25) is 5.91 Å². The third-order valence-electron chi connectivity index (χ3n) is 5.00. The summed E-state index contributed by atoms with van der Waals surface area (Å²) in [6.45, 7) is 1.85. The summed E-state index contributed by atoms with van der Waals surface area (Å²) in [6, 6.07) is 20.3. The molecular weight excluding hydrogens is 360 g/mol. The Kier molecular flexibility index (Phi) is 8.16. The standard InChI is InChI=1S/C24H30N4O/c25-14-6-13-23(24(29)26-15-7-10-19-8-2-1-3-9-19)28-18-20-16-21-11-4-5-12-22(21)27-17-20/h1-5,8-9,11-12,16-17,23,28H,6-7,10,13-15,18,25H2,(H,26,29)/t23-/m0/s1. The van der Waals surface area contributed by atoms with Crippen LogP contribution in [-0.4, -0.2) is 30.0 Å². The maximum atomic E-state index is 12.7. The summed E-state index contributed by atoms with van der Waals surface area (Å²) in [6.07, 6.45) is 5.29. The second kappa shape index (κ2) is 11.3. The van der Waals surface area contributed by atoms with Crippen molar-refractivity contribution in [2.75, 3.05) is 13.1 Å². The second-order valence-corrected chi connectivity index (χ2v) is 7.28. The van der Waals surface area contributed by atoms with Gasteiger partial charge in [-0.25, -0.2) is 0 Å². The fourth-order valence-corrected chi connectivity index (χ4v) is 3.37. The lowest BCUT2D eigenvalue weighted by molar-refractivity contribution is -0.123. The average Bonchev–Trinajstić information content (AvgIpc) is 2.77. The van der Waals surface area contributed by atoms with Crippen molar-refractivity contribution in [1.29, 1.82) is 0 Å². The highest BCUT2D eigenvalue weighted by Gasteiger charge is 2.17. The Balaban J connectivity index is 1.49. The van der Waals surface area contributed by atoms with E-state index in [0.717, 1.165) is 42.1 Å². The van der Waals surface area contributed by atoms with Crippen LogP contribution in [0.4, 0.5) is 0 Å². The first kappa shape index (κ1) is 21.0. The normalized spacial score (nSPS) is 12.0. The molecule has 1 atom stereocenters. The van der Waals surface area contributed by atoms with Crippen molar-refractivity contribution >= 4 is 16.8 Å². The molecular formula is C24H30N4O. The Labute approximate surface area is 172 Å². The molecule has 29 heavy (non-hydrogen) atoms. The molecule has 1 heterocycles. The number of rotatable bonds is 11. The van der Waals surface area contributed by atoms with Crippen LogP contribution >= 0.6 is 0 Å². The molecule has 0 unspecified atom stereocenters. The zero-order chi connectivity index (χ0) is 20.3. The summed E-state index contributed by atoms with van der Waals surface area (Å²) in [5.74, 6) is 0.0419. The number of nitrogens with one attached hydrogen (secondary N) is 2. The molecule has 4 N–H and O–H groups in total. The van der Waals surface area contributed by atoms with E-state index >= 15 is 0 Å². The lowest BCUT2D eigenvalue weighted by Gasteiger charge is -2.18. The largest absolute Gasteiger partial charge is 0.355 e. The maximum Gasteiger partial charge on any atom is 0.237 e. The topological polar surface area (TPSA) is 80.0 Å². The van der Waals surface area contributed by atoms with E-state index in [1.165, 1.54) is 5.56 Å². The van der Waals surface area contributed by atoms with Gasteiger partial charge in [0.15, 0.2) is 0 Å². The van der Waals surface area contributed by atoms with Crippen molar-refractivity contribution in [3.63, 3.8) is 0 Å². The monoisotopic (exact) mass is 390 g/mol. The zero-order valence-electron chi connectivity index (χ0n) is 16.8. The van der Waals surface area contributed by atoms with Crippen molar-refractivity contribution in [3.8, 4) is 0 Å². The lowest BCUT2D eigenvalue weighted by Crippen LogP contribution is -2.44. The van der Waals surface area contributed by atoms with E-state index in [1.807, 2.05) is 42.6 Å². The molecule has 0 fully saturated rings. The van der Waals surface area contributed by atoms with Gasteiger partial charge < -0.3 is 16.4 Å². The maximum absolute atomic E-state index is 12.7. The van der Waals surface area contributed by atoms with Crippen LogP contribution in [-0.2, 0) is 17.8 Å². The number of carbonyl (C=O) groups excluding carboxylic acids is 1. The summed E-state index contributed by atoms with van der Waals surface area (Å²) in [5, 5.41) is 7.56. The first-order valence-corrected chi connectivity index (χ1v) is 10.3. The Morgan fingerprint density at radius 3 is 2.62 bits per heavy atom. The van der Waals surface area contributed by atoms with Crippen molar-refractivity contribution < 1.29 is 4.79 Å². The lowest BCUT2D eigenvalue weighted by atomic mass is 10.1. The van der Waals surface area contributed by atoms with Crippen molar-refractivity contribution in [2.45, 2.75) is 38.3 Å². The molecule has 0 saturated carbocycles. The number of hydrogen-bond donors (Lipinski definition) is 3. The number of hydrogen-bond acceptors (Lipinski definition) is 4. The minimum atomic E-state index is -0.248. The van der Waals surface area contributed by atoms with E-state index in [4.69, 9.17) is 5.73 Å². The van der Waals surface area contributed by atoms with Crippen LogP contribution < -0.4 is 16.4 Å². The third-order valence-corrected chi connectivity index (χ3v) is 5.00. The molecule has 1 amide bonds. The molecule has 5 heteroatoms. The molecule has 3 rings (SSSR count). The van der Waals surface area contributed by atoms with E-state index in [0.29, 0.717) is 19.6 Å². The Morgan fingerprint density at radius 1 is 1.00 bits per heavy atom. The number of fused-ring (bicyclic) bond motifs is 1. The number of nitrogens with two attached hydrogens (primary N) is 1. The predicted molar refractivity (Wildman–Crippen MR) is 118 cm³/mol. The average molecular weight is 391 g/mol. The van der Waals surface area contributed by atoms with Gasteiger partial charge in [-0.05, 0) is 55.5 Å². The Morgan fingerprint density at radius 2 is 1.79 bits per heavy atom. The van der Waals surface area contributed by atoms with Crippen LogP contribution in [0.3, 0.4) is 0 Å². The van der Waals surface area contributed by atoms with Crippen molar-refractivity contribution in [1.82, 2.24) is 15.6 Å². The molecule has 0 radical (unpaired) electrons. The molecule has 2 aromatic carbocycles. The van der Waals surface area contributed by atoms with E-state index in [1.54, 1.807) is 0 Å². The number of carbonyl (C=O) groups is 1. The van der Waals surface area contributed by atoms with Crippen LogP contribution in [0.1, 0.15) is 30.4 Å². The van der Waals surface area contributed by atoms with Crippen LogP contribution in [0.5, 0.6) is 0 Å². The number of benzene rings is 2. The number of aryl methyl sites for hydroxylation is 1. The van der Waals surface area contributed by atoms with Gasteiger partial charge in [0, 0.05) is 24.7 Å². The van der Waals surface area contributed by atoms with Crippen LogP contribution in [0, 0.1) is 0 Å². The summed E-state index contributed by atoms with van der Waals surface area (Å²) in [4.78, 5) is 17.2. The highest BCUT2D eigenvalue weighted by atomic mass is 16.2. The van der Waals surface area contributed by atoms with Gasteiger partial charge in [0.1, 0.15) is 0 Å². The van der Waals surface area contributed by atoms with Gasteiger partial charge >= 0.3 is 0 Å². The number of aromatic nitrogens is 1. The van der Waals surface area contributed by atoms with Crippen molar-refractivity contribution in [2.24, 2.45) is 5.73 Å². The summed E-state index contributed by atoms with van der Waals surface area (Å²) >= 11 is 0. The quantitative estimate of drug-likeness (QED) is 0.439. The molecule has 152 valence electrons. The van der Waals surface area contributed by atoms with E-state index in [-0.39, 0.29) is 11.9 Å². The highest BCUT2D eigenvalue weighted by Crippen LogP contribution is 2.13. The van der Waals surface area contributed by atoms with Crippen molar-refractivity contribution in [3.05, 3.63) is 78.0 Å². The van der Waals surface area contributed by atoms with Gasteiger partial charge in [-0.3, -0.25) is 9.78 Å². The van der Waals surface area contributed by atoms with Crippen LogP contribution in [0.25, 0.3) is 10.9 Å². The van der Waals surface area contributed by atoms with E-state index in [9.17, 15) is 4.79 Å². The smallest absolute Gasteiger partial charge is 0.237 e. The number of amides is 1. The van der Waals surface area contributed by atoms with Crippen LogP contribution in [0.15, 0.2) is 66.9 Å². The van der Waals surface area contributed by atoms with E-state index < -0.39 is 0 Å². The summed E-state index contributed by atoms with van der Waals surface area (Å²) in [7, 11) is 0. The minimum Gasteiger partial charge on any atom is -0.355 e. The predicted octanol–water partition coefficient (Wildman–Crippen LogP) is 3.18. The number of nitrogens with zero attached hydrogens (tertiary/aromatic N) is 1. The highest BCUT2D eigenvalue weighted by molar-refractivity contribution is 5.81. The molecule has 0 aliphatic heterocycles. The molecule has 0 aliphatic carbocycles. The molecule has 0 aliphatic rings. The first-order chi connectivity index (χ1) is 14.3. The molecule has 0 spiro atoms. The number of para-hydroxylation sites is 1. The SMILES string of the molecule is NCCC[C@H](NCc1cnc2ccccc2c1)C(=O)NCCCc1ccccc1. The Hall–Kier alpha value is -2.76. The second-order valence-electron chi connectivity index (χ2n) is 7.28. The van der Waals surface area contributed by atoms with Crippen LogP contribution in [0.2, 0.25) is 0 Å². The Bertz CT molecular complexity index is 898. The van der Waals surface area contributed by atoms with Gasteiger partial charge in [-0.2, -0.15) is 0 Å². The number of pyridine rings is 1. The molecule has 0 bridgehead atoms. The van der Waals surface area contributed by atoms with Gasteiger partial charge in [-0.15, -0.1) is 0 Å². The summed E-state index contributed by atoms with van der Waals surface area (Å²) < 4.78 is 0. The molecule has 0 saturated heterocycles.